The van der Waals surface area contributed by atoms with Gasteiger partial charge in [0.1, 0.15) is 0 Å². The lowest BCUT2D eigenvalue weighted by molar-refractivity contribution is -0.123. The fourth-order valence-electron chi connectivity index (χ4n) is 2.05. The Bertz CT molecular complexity index is 892. The van der Waals surface area contributed by atoms with Gasteiger partial charge < -0.3 is 10.1 Å². The third-order valence-corrected chi connectivity index (χ3v) is 4.40. The number of sulfonamides is 1. The molecule has 0 bridgehead atoms. The standard InChI is InChI=1S/C17H18N2O5S/c1-11-5-3-4-6-15(11)17(21)24-12(2)16(20)19-13-7-9-14(10-8-13)25(18,22)23/h3-10,12H,1-2H3,(H,19,20)(H2,18,22,23). The normalized spacial score (nSPS) is 12.3. The number of carbonyl (C=O) groups is 2. The first kappa shape index (κ1) is 18.6. The van der Waals surface area contributed by atoms with Crippen LogP contribution < -0.4 is 10.5 Å². The first-order valence-corrected chi connectivity index (χ1v) is 8.93. The van der Waals surface area contributed by atoms with Crippen LogP contribution in [0, 0.1) is 6.92 Å². The summed E-state index contributed by atoms with van der Waals surface area (Å²) in [5.74, 6) is -1.13. The molecule has 132 valence electrons. The minimum Gasteiger partial charge on any atom is -0.449 e. The molecular formula is C17H18N2O5S. The minimum absolute atomic E-state index is 0.0653. The number of hydrogen-bond acceptors (Lipinski definition) is 5. The van der Waals surface area contributed by atoms with Crippen molar-refractivity contribution in [2.75, 3.05) is 5.32 Å². The third-order valence-electron chi connectivity index (χ3n) is 3.47. The molecule has 2 rings (SSSR count). The first-order valence-electron chi connectivity index (χ1n) is 7.39. The smallest absolute Gasteiger partial charge is 0.339 e. The Morgan fingerprint density at radius 2 is 1.68 bits per heavy atom. The number of hydrogen-bond donors (Lipinski definition) is 2. The Kier molecular flexibility index (Phi) is 5.55. The molecule has 0 fully saturated rings. The van der Waals surface area contributed by atoms with Gasteiger partial charge in [-0.15, -0.1) is 0 Å². The summed E-state index contributed by atoms with van der Waals surface area (Å²) in [4.78, 5) is 24.2. The lowest BCUT2D eigenvalue weighted by Gasteiger charge is -2.14. The number of aryl methyl sites for hydroxylation is 1. The summed E-state index contributed by atoms with van der Waals surface area (Å²) in [7, 11) is -3.80. The Balaban J connectivity index is 2.01. The second-order valence-corrected chi connectivity index (χ2v) is 6.98. The van der Waals surface area contributed by atoms with E-state index in [2.05, 4.69) is 5.32 Å². The number of nitrogens with one attached hydrogen (secondary N) is 1. The summed E-state index contributed by atoms with van der Waals surface area (Å²) in [6.07, 6.45) is -1.02. The summed E-state index contributed by atoms with van der Waals surface area (Å²) in [5, 5.41) is 7.55. The molecule has 1 unspecified atom stereocenters. The molecule has 7 nitrogen and oxygen atoms in total. The molecule has 25 heavy (non-hydrogen) atoms. The zero-order chi connectivity index (χ0) is 18.6. The predicted molar refractivity (Wildman–Crippen MR) is 92.5 cm³/mol. The molecular weight excluding hydrogens is 344 g/mol. The number of amides is 1. The van der Waals surface area contributed by atoms with Crippen LogP contribution in [-0.2, 0) is 19.6 Å². The van der Waals surface area contributed by atoms with E-state index in [4.69, 9.17) is 9.88 Å². The van der Waals surface area contributed by atoms with E-state index in [-0.39, 0.29) is 4.90 Å². The molecule has 1 amide bonds. The van der Waals surface area contributed by atoms with Gasteiger partial charge in [0.05, 0.1) is 10.5 Å². The molecule has 2 aromatic rings. The van der Waals surface area contributed by atoms with E-state index in [0.29, 0.717) is 11.3 Å². The average molecular weight is 362 g/mol. The van der Waals surface area contributed by atoms with Crippen LogP contribution >= 0.6 is 0 Å². The van der Waals surface area contributed by atoms with Gasteiger partial charge in [0.2, 0.25) is 10.0 Å². The lowest BCUT2D eigenvalue weighted by Crippen LogP contribution is -2.30. The fraction of sp³-hybridized carbons (Fsp3) is 0.176. The molecule has 8 heteroatoms. The van der Waals surface area contributed by atoms with Crippen LogP contribution in [0.1, 0.15) is 22.8 Å². The highest BCUT2D eigenvalue weighted by Gasteiger charge is 2.20. The topological polar surface area (TPSA) is 116 Å². The van der Waals surface area contributed by atoms with E-state index in [1.165, 1.54) is 31.2 Å². The van der Waals surface area contributed by atoms with Gasteiger partial charge in [-0.3, -0.25) is 4.79 Å². The maximum atomic E-state index is 12.1. The van der Waals surface area contributed by atoms with Gasteiger partial charge in [-0.1, -0.05) is 18.2 Å². The summed E-state index contributed by atoms with van der Waals surface area (Å²) in [6, 6.07) is 12.2. The van der Waals surface area contributed by atoms with Crippen LogP contribution in [-0.4, -0.2) is 26.4 Å². The highest BCUT2D eigenvalue weighted by atomic mass is 32.2. The van der Waals surface area contributed by atoms with Gasteiger partial charge in [0.15, 0.2) is 6.10 Å². The molecule has 2 aromatic carbocycles. The number of carbonyl (C=O) groups excluding carboxylic acids is 2. The number of primary sulfonamides is 1. The summed E-state index contributed by atoms with van der Waals surface area (Å²) >= 11 is 0. The molecule has 0 saturated heterocycles. The zero-order valence-corrected chi connectivity index (χ0v) is 14.5. The molecule has 0 radical (unpaired) electrons. The van der Waals surface area contributed by atoms with E-state index in [9.17, 15) is 18.0 Å². The third kappa shape index (κ3) is 4.88. The van der Waals surface area contributed by atoms with E-state index in [0.717, 1.165) is 5.56 Å². The SMILES string of the molecule is Cc1ccccc1C(=O)OC(C)C(=O)Nc1ccc(S(N)(=O)=O)cc1. The molecule has 1 atom stereocenters. The zero-order valence-electron chi connectivity index (χ0n) is 13.7. The van der Waals surface area contributed by atoms with Crippen molar-refractivity contribution >= 4 is 27.6 Å². The van der Waals surface area contributed by atoms with Crippen molar-refractivity contribution < 1.29 is 22.7 Å². The predicted octanol–water partition coefficient (Wildman–Crippen LogP) is 1.83. The van der Waals surface area contributed by atoms with Crippen molar-refractivity contribution in [2.24, 2.45) is 5.14 Å². The number of esters is 1. The monoisotopic (exact) mass is 362 g/mol. The Hall–Kier alpha value is -2.71. The second kappa shape index (κ2) is 7.45. The van der Waals surface area contributed by atoms with E-state index < -0.39 is 28.0 Å². The Morgan fingerprint density at radius 1 is 1.08 bits per heavy atom. The van der Waals surface area contributed by atoms with Gasteiger partial charge >= 0.3 is 5.97 Å². The van der Waals surface area contributed by atoms with Crippen LogP contribution in [0.5, 0.6) is 0 Å². The van der Waals surface area contributed by atoms with E-state index >= 15 is 0 Å². The highest BCUT2D eigenvalue weighted by molar-refractivity contribution is 7.89. The van der Waals surface area contributed by atoms with E-state index in [1.807, 2.05) is 0 Å². The molecule has 0 aliphatic heterocycles. The van der Waals surface area contributed by atoms with Gasteiger partial charge in [-0.05, 0) is 49.7 Å². The van der Waals surface area contributed by atoms with Gasteiger partial charge in [-0.25, -0.2) is 18.4 Å². The van der Waals surface area contributed by atoms with Crippen LogP contribution in [0.2, 0.25) is 0 Å². The van der Waals surface area contributed by atoms with Crippen LogP contribution in [0.15, 0.2) is 53.4 Å². The number of nitrogens with two attached hydrogens (primary N) is 1. The van der Waals surface area contributed by atoms with Crippen molar-refractivity contribution in [1.82, 2.24) is 0 Å². The van der Waals surface area contributed by atoms with Crippen molar-refractivity contribution in [1.29, 1.82) is 0 Å². The quantitative estimate of drug-likeness (QED) is 0.787. The number of ether oxygens (including phenoxy) is 1. The first-order chi connectivity index (χ1) is 11.7. The van der Waals surface area contributed by atoms with Gasteiger partial charge in [0.25, 0.3) is 5.91 Å². The minimum atomic E-state index is -3.80. The van der Waals surface area contributed by atoms with Crippen molar-refractivity contribution in [3.63, 3.8) is 0 Å². The number of rotatable bonds is 5. The number of benzene rings is 2. The molecule has 0 spiro atoms. The molecule has 0 aliphatic rings. The highest BCUT2D eigenvalue weighted by Crippen LogP contribution is 2.14. The maximum Gasteiger partial charge on any atom is 0.339 e. The van der Waals surface area contributed by atoms with Gasteiger partial charge in [-0.2, -0.15) is 0 Å². The molecule has 0 aliphatic carbocycles. The summed E-state index contributed by atoms with van der Waals surface area (Å²) in [5.41, 5.74) is 1.49. The van der Waals surface area contributed by atoms with Crippen LogP contribution in [0.25, 0.3) is 0 Å². The van der Waals surface area contributed by atoms with E-state index in [1.54, 1.807) is 31.2 Å². The lowest BCUT2D eigenvalue weighted by atomic mass is 10.1. The van der Waals surface area contributed by atoms with Crippen LogP contribution in [0.3, 0.4) is 0 Å². The Morgan fingerprint density at radius 3 is 2.24 bits per heavy atom. The summed E-state index contributed by atoms with van der Waals surface area (Å²) in [6.45, 7) is 3.22. The molecule has 0 aromatic heterocycles. The molecule has 3 N–H and O–H groups in total. The molecule has 0 heterocycles. The number of anilines is 1. The van der Waals surface area contributed by atoms with Crippen molar-refractivity contribution in [3.8, 4) is 0 Å². The Labute approximate surface area is 145 Å². The molecule has 0 saturated carbocycles. The second-order valence-electron chi connectivity index (χ2n) is 5.42. The van der Waals surface area contributed by atoms with Crippen molar-refractivity contribution in [3.05, 3.63) is 59.7 Å². The maximum absolute atomic E-state index is 12.1. The van der Waals surface area contributed by atoms with Gasteiger partial charge in [0, 0.05) is 5.69 Å². The summed E-state index contributed by atoms with van der Waals surface area (Å²) < 4.78 is 27.5. The van der Waals surface area contributed by atoms with Crippen molar-refractivity contribution in [2.45, 2.75) is 24.8 Å². The fourth-order valence-corrected chi connectivity index (χ4v) is 2.57. The largest absolute Gasteiger partial charge is 0.449 e. The van der Waals surface area contributed by atoms with Crippen LogP contribution in [0.4, 0.5) is 5.69 Å². The average Bonchev–Trinajstić information content (AvgIpc) is 2.54.